The average molecular weight is 469 g/mol. The summed E-state index contributed by atoms with van der Waals surface area (Å²) in [5, 5.41) is 4.09. The van der Waals surface area contributed by atoms with Gasteiger partial charge in [0.1, 0.15) is 5.82 Å². The minimum Gasteiger partial charge on any atom is -0.354 e. The predicted octanol–water partition coefficient (Wildman–Crippen LogP) is 6.11. The second-order valence-electron chi connectivity index (χ2n) is 8.15. The summed E-state index contributed by atoms with van der Waals surface area (Å²) in [6.07, 6.45) is 4.42. The van der Waals surface area contributed by atoms with Gasteiger partial charge in [0.05, 0.1) is 17.4 Å². The molecule has 0 saturated carbocycles. The summed E-state index contributed by atoms with van der Waals surface area (Å²) in [5.74, 6) is 1.39. The van der Waals surface area contributed by atoms with Crippen LogP contribution in [-0.2, 0) is 13.5 Å². The molecule has 2 aromatic heterocycles. The van der Waals surface area contributed by atoms with Gasteiger partial charge in [-0.3, -0.25) is 0 Å². The van der Waals surface area contributed by atoms with Crippen LogP contribution in [-0.4, -0.2) is 33.1 Å². The fraction of sp³-hybridized carbons (Fsp3) is 0.148. The minimum atomic E-state index is 0.585. The van der Waals surface area contributed by atoms with E-state index in [0.717, 1.165) is 50.7 Å². The number of aryl methyl sites for hydroxylation is 1. The second-order valence-corrected chi connectivity index (χ2v) is 8.56. The number of rotatable bonds is 7. The van der Waals surface area contributed by atoms with E-state index < -0.39 is 0 Å². The molecule has 5 rings (SSSR count). The molecule has 2 heterocycles. The Bertz CT molecular complexity index is 1430. The fourth-order valence-electron chi connectivity index (χ4n) is 4.01. The molecule has 0 saturated heterocycles. The third kappa shape index (κ3) is 4.45. The van der Waals surface area contributed by atoms with E-state index in [2.05, 4.69) is 44.5 Å². The van der Waals surface area contributed by atoms with Crippen molar-refractivity contribution < 1.29 is 0 Å². The number of nitrogens with one attached hydrogen (secondary N) is 1. The molecule has 0 radical (unpaired) electrons. The molecule has 5 aromatic rings. The topological polar surface area (TPSA) is 58.9 Å². The smallest absolute Gasteiger partial charge is 0.224 e. The third-order valence-electron chi connectivity index (χ3n) is 5.91. The molecule has 0 atom stereocenters. The lowest BCUT2D eigenvalue weighted by atomic mass is 10.0. The Labute approximate surface area is 203 Å². The van der Waals surface area contributed by atoms with Gasteiger partial charge < -0.3 is 14.8 Å². The molecular weight excluding hydrogens is 444 g/mol. The molecular formula is C27H25ClN6. The summed E-state index contributed by atoms with van der Waals surface area (Å²) in [6, 6.07) is 24.4. The van der Waals surface area contributed by atoms with Crippen LogP contribution in [0.15, 0.2) is 85.3 Å². The highest BCUT2D eigenvalue weighted by atomic mass is 35.5. The molecule has 0 aliphatic rings. The van der Waals surface area contributed by atoms with Crippen LogP contribution in [0.1, 0.15) is 5.56 Å². The van der Waals surface area contributed by atoms with E-state index in [1.807, 2.05) is 73.5 Å². The number of imidazole rings is 1. The summed E-state index contributed by atoms with van der Waals surface area (Å²) in [7, 11) is 4.03. The summed E-state index contributed by atoms with van der Waals surface area (Å²) >= 11 is 6.27. The summed E-state index contributed by atoms with van der Waals surface area (Å²) in [5.41, 5.74) is 6.39. The lowest BCUT2D eigenvalue weighted by Gasteiger charge is -2.20. The Morgan fingerprint density at radius 2 is 1.76 bits per heavy atom. The largest absolute Gasteiger partial charge is 0.354 e. The van der Waals surface area contributed by atoms with Crippen molar-refractivity contribution in [2.24, 2.45) is 7.05 Å². The Morgan fingerprint density at radius 1 is 0.971 bits per heavy atom. The molecule has 0 amide bonds. The SMILES string of the molecule is CN(c1cc(-c2ccccc2)c2ncn(C)c2c1)c1ccnc(NCCc2ccccc2Cl)n1. The van der Waals surface area contributed by atoms with Crippen molar-refractivity contribution in [1.29, 1.82) is 0 Å². The highest BCUT2D eigenvalue weighted by molar-refractivity contribution is 6.31. The first-order valence-corrected chi connectivity index (χ1v) is 11.5. The Hall–Kier alpha value is -3.90. The predicted molar refractivity (Wildman–Crippen MR) is 140 cm³/mol. The standard InChI is InChI=1S/C27H25ClN6/c1-33-18-31-26-22(19-8-4-3-5-9-19)16-21(17-24(26)33)34(2)25-13-15-30-27(32-25)29-14-12-20-10-6-7-11-23(20)28/h3-11,13,15-18H,12,14H2,1-2H3,(H,29,30,32). The Morgan fingerprint density at radius 3 is 2.59 bits per heavy atom. The molecule has 0 fully saturated rings. The van der Waals surface area contributed by atoms with Gasteiger partial charge in [0, 0.05) is 43.1 Å². The van der Waals surface area contributed by atoms with Gasteiger partial charge in [-0.2, -0.15) is 4.98 Å². The van der Waals surface area contributed by atoms with Crippen LogP contribution < -0.4 is 10.2 Å². The molecule has 0 aliphatic carbocycles. The molecule has 3 aromatic carbocycles. The summed E-state index contributed by atoms with van der Waals surface area (Å²) in [4.78, 5) is 15.9. The van der Waals surface area contributed by atoms with Crippen LogP contribution in [0, 0.1) is 0 Å². The number of nitrogens with zero attached hydrogens (tertiary/aromatic N) is 5. The van der Waals surface area contributed by atoms with Gasteiger partial charge in [-0.05, 0) is 41.8 Å². The summed E-state index contributed by atoms with van der Waals surface area (Å²) in [6.45, 7) is 0.691. The van der Waals surface area contributed by atoms with Crippen LogP contribution in [0.25, 0.3) is 22.2 Å². The maximum atomic E-state index is 6.27. The average Bonchev–Trinajstić information content (AvgIpc) is 3.25. The highest BCUT2D eigenvalue weighted by Crippen LogP contribution is 2.34. The van der Waals surface area contributed by atoms with Crippen molar-refractivity contribution in [3.63, 3.8) is 0 Å². The fourth-order valence-corrected chi connectivity index (χ4v) is 4.24. The van der Waals surface area contributed by atoms with Gasteiger partial charge >= 0.3 is 0 Å². The Balaban J connectivity index is 1.41. The van der Waals surface area contributed by atoms with Crippen LogP contribution in [0.2, 0.25) is 5.02 Å². The van der Waals surface area contributed by atoms with E-state index in [1.54, 1.807) is 6.20 Å². The maximum Gasteiger partial charge on any atom is 0.224 e. The van der Waals surface area contributed by atoms with Crippen molar-refractivity contribution >= 4 is 40.1 Å². The van der Waals surface area contributed by atoms with E-state index in [-0.39, 0.29) is 0 Å². The van der Waals surface area contributed by atoms with E-state index in [0.29, 0.717) is 12.5 Å². The van der Waals surface area contributed by atoms with Crippen LogP contribution in [0.3, 0.4) is 0 Å². The normalized spacial score (nSPS) is 11.0. The van der Waals surface area contributed by atoms with Crippen LogP contribution in [0.4, 0.5) is 17.5 Å². The van der Waals surface area contributed by atoms with Gasteiger partial charge in [0.2, 0.25) is 5.95 Å². The van der Waals surface area contributed by atoms with Crippen molar-refractivity contribution in [3.05, 3.63) is 95.9 Å². The number of hydrogen-bond donors (Lipinski definition) is 1. The minimum absolute atomic E-state index is 0.585. The molecule has 0 unspecified atom stereocenters. The van der Waals surface area contributed by atoms with Gasteiger partial charge in [0.25, 0.3) is 0 Å². The van der Waals surface area contributed by atoms with Gasteiger partial charge in [-0.15, -0.1) is 0 Å². The van der Waals surface area contributed by atoms with Gasteiger partial charge in [-0.1, -0.05) is 60.1 Å². The van der Waals surface area contributed by atoms with Crippen molar-refractivity contribution in [1.82, 2.24) is 19.5 Å². The lowest BCUT2D eigenvalue weighted by Crippen LogP contribution is -2.14. The van der Waals surface area contributed by atoms with Crippen molar-refractivity contribution in [2.75, 3.05) is 23.8 Å². The number of fused-ring (bicyclic) bond motifs is 1. The van der Waals surface area contributed by atoms with Crippen LogP contribution >= 0.6 is 11.6 Å². The first-order valence-electron chi connectivity index (χ1n) is 11.1. The number of benzene rings is 3. The van der Waals surface area contributed by atoms with Gasteiger partial charge in [0.15, 0.2) is 0 Å². The maximum absolute atomic E-state index is 6.27. The molecule has 0 aliphatic heterocycles. The quantitative estimate of drug-likeness (QED) is 0.312. The monoisotopic (exact) mass is 468 g/mol. The van der Waals surface area contributed by atoms with E-state index in [9.17, 15) is 0 Å². The number of halogens is 1. The van der Waals surface area contributed by atoms with Crippen LogP contribution in [0.5, 0.6) is 0 Å². The van der Waals surface area contributed by atoms with Crippen molar-refractivity contribution in [2.45, 2.75) is 6.42 Å². The highest BCUT2D eigenvalue weighted by Gasteiger charge is 2.14. The molecule has 34 heavy (non-hydrogen) atoms. The Kier molecular flexibility index (Phi) is 6.14. The molecule has 6 nitrogen and oxygen atoms in total. The number of aromatic nitrogens is 4. The number of hydrogen-bond acceptors (Lipinski definition) is 5. The first-order chi connectivity index (χ1) is 16.6. The zero-order valence-corrected chi connectivity index (χ0v) is 19.9. The molecule has 0 bridgehead atoms. The summed E-state index contributed by atoms with van der Waals surface area (Å²) < 4.78 is 2.04. The van der Waals surface area contributed by atoms with Crippen molar-refractivity contribution in [3.8, 4) is 11.1 Å². The first kappa shape index (κ1) is 21.9. The zero-order chi connectivity index (χ0) is 23.5. The third-order valence-corrected chi connectivity index (χ3v) is 6.28. The van der Waals surface area contributed by atoms with E-state index >= 15 is 0 Å². The van der Waals surface area contributed by atoms with E-state index in [1.165, 1.54) is 0 Å². The second kappa shape index (κ2) is 9.53. The van der Waals surface area contributed by atoms with Gasteiger partial charge in [-0.25, -0.2) is 9.97 Å². The lowest BCUT2D eigenvalue weighted by molar-refractivity contribution is 0.947. The molecule has 7 heteroatoms. The zero-order valence-electron chi connectivity index (χ0n) is 19.1. The molecule has 0 spiro atoms. The van der Waals surface area contributed by atoms with E-state index in [4.69, 9.17) is 16.6 Å². The molecule has 170 valence electrons. The molecule has 1 N–H and O–H groups in total. The number of anilines is 3.